The highest BCUT2D eigenvalue weighted by Crippen LogP contribution is 2.19. The summed E-state index contributed by atoms with van der Waals surface area (Å²) < 4.78 is 33.7. The Morgan fingerprint density at radius 2 is 2.18 bits per heavy atom. The summed E-state index contributed by atoms with van der Waals surface area (Å²) in [6, 6.07) is 1.15. The van der Waals surface area contributed by atoms with Crippen LogP contribution in [0.4, 0.5) is 4.79 Å². The van der Waals surface area contributed by atoms with Crippen LogP contribution in [-0.4, -0.2) is 36.8 Å². The molecular weight excluding hydrogens is 320 g/mol. The van der Waals surface area contributed by atoms with Crippen molar-refractivity contribution in [1.29, 1.82) is 0 Å². The van der Waals surface area contributed by atoms with Gasteiger partial charge in [0, 0.05) is 12.3 Å². The average Bonchev–Trinajstić information content (AvgIpc) is 2.83. The molecule has 12 heteroatoms. The van der Waals surface area contributed by atoms with Crippen LogP contribution in [0.1, 0.15) is 6.23 Å². The maximum absolute atomic E-state index is 11.6. The van der Waals surface area contributed by atoms with E-state index in [1.54, 1.807) is 0 Å². The van der Waals surface area contributed by atoms with Gasteiger partial charge in [-0.25, -0.2) is 19.5 Å². The third kappa shape index (κ3) is 4.28. The Kier molecular flexibility index (Phi) is 4.44. The maximum atomic E-state index is 11.6. The summed E-state index contributed by atoms with van der Waals surface area (Å²) in [5.41, 5.74) is -1.20. The number of aromatic nitrogens is 2. The van der Waals surface area contributed by atoms with Gasteiger partial charge in [0.2, 0.25) is 0 Å². The van der Waals surface area contributed by atoms with Gasteiger partial charge in [-0.3, -0.25) is 14.3 Å². The molecule has 0 aromatic carbocycles. The number of ether oxygens (including phenoxy) is 2. The van der Waals surface area contributed by atoms with Crippen molar-refractivity contribution in [1.82, 2.24) is 14.3 Å². The largest absolute Gasteiger partial charge is 0.446 e. The van der Waals surface area contributed by atoms with Crippen molar-refractivity contribution >= 4 is 16.3 Å². The minimum Gasteiger partial charge on any atom is -0.446 e. The molecule has 0 saturated carbocycles. The quantitative estimate of drug-likeness (QED) is 0.533. The SMILES string of the molecule is NS(=O)(=O)NC(=O)OC[C@@H]1C=C[C@H](n2ccc(=O)[nH]c2=O)O1. The van der Waals surface area contributed by atoms with Crippen LogP contribution in [0.25, 0.3) is 0 Å². The lowest BCUT2D eigenvalue weighted by atomic mass is 10.4. The van der Waals surface area contributed by atoms with Crippen molar-refractivity contribution in [3.05, 3.63) is 45.3 Å². The van der Waals surface area contributed by atoms with Gasteiger partial charge >= 0.3 is 22.0 Å². The molecule has 0 saturated heterocycles. The van der Waals surface area contributed by atoms with Crippen LogP contribution in [0.3, 0.4) is 0 Å². The van der Waals surface area contributed by atoms with E-state index in [4.69, 9.17) is 4.74 Å². The van der Waals surface area contributed by atoms with E-state index in [0.717, 1.165) is 10.6 Å². The predicted molar refractivity (Wildman–Crippen MR) is 72.0 cm³/mol. The summed E-state index contributed by atoms with van der Waals surface area (Å²) in [4.78, 5) is 35.7. The standard InChI is InChI=1S/C10H12N4O7S/c11-22(18,19)13-10(17)20-5-6-1-2-8(21-6)14-4-3-7(15)12-9(14)16/h1-4,6,8H,5H2,(H,13,17)(H2,11,18,19)(H,12,15,16)/t6-,8+/m0/s1. The van der Waals surface area contributed by atoms with Gasteiger partial charge in [0.15, 0.2) is 6.23 Å². The monoisotopic (exact) mass is 332 g/mol. The minimum absolute atomic E-state index is 0.285. The molecule has 0 bridgehead atoms. The summed E-state index contributed by atoms with van der Waals surface area (Å²) in [6.07, 6.45) is 1.59. The van der Waals surface area contributed by atoms with Crippen LogP contribution in [0, 0.1) is 0 Å². The zero-order valence-electron chi connectivity index (χ0n) is 11.0. The van der Waals surface area contributed by atoms with E-state index >= 15 is 0 Å². The van der Waals surface area contributed by atoms with Crippen LogP contribution in [0.15, 0.2) is 34.0 Å². The number of H-pyrrole nitrogens is 1. The third-order valence-electron chi connectivity index (χ3n) is 2.53. The van der Waals surface area contributed by atoms with Crippen molar-refractivity contribution in [3.63, 3.8) is 0 Å². The molecule has 1 aliphatic rings. The summed E-state index contributed by atoms with van der Waals surface area (Å²) in [5.74, 6) is 0. The Morgan fingerprint density at radius 3 is 2.82 bits per heavy atom. The Labute approximate surface area is 123 Å². The maximum Gasteiger partial charge on any atom is 0.422 e. The number of hydrogen-bond donors (Lipinski definition) is 3. The molecule has 2 rings (SSSR count). The first kappa shape index (κ1) is 15.9. The van der Waals surface area contributed by atoms with E-state index in [1.165, 1.54) is 23.1 Å². The van der Waals surface area contributed by atoms with Gasteiger partial charge in [0.1, 0.15) is 12.7 Å². The second kappa shape index (κ2) is 6.13. The van der Waals surface area contributed by atoms with Crippen molar-refractivity contribution in [3.8, 4) is 0 Å². The van der Waals surface area contributed by atoms with E-state index in [1.807, 2.05) is 0 Å². The number of amides is 1. The van der Waals surface area contributed by atoms with Gasteiger partial charge in [-0.1, -0.05) is 6.08 Å². The molecule has 2 heterocycles. The number of carbonyl (C=O) groups excluding carboxylic acids is 1. The lowest BCUT2D eigenvalue weighted by Gasteiger charge is -2.15. The van der Waals surface area contributed by atoms with E-state index in [2.05, 4.69) is 14.9 Å². The molecule has 0 aliphatic carbocycles. The summed E-state index contributed by atoms with van der Waals surface area (Å²) >= 11 is 0. The van der Waals surface area contributed by atoms with Crippen molar-refractivity contribution in [2.24, 2.45) is 5.14 Å². The smallest absolute Gasteiger partial charge is 0.422 e. The molecule has 4 N–H and O–H groups in total. The van der Waals surface area contributed by atoms with Crippen LogP contribution in [0.5, 0.6) is 0 Å². The molecule has 1 aliphatic heterocycles. The Bertz CT molecular complexity index is 809. The minimum atomic E-state index is -4.20. The van der Waals surface area contributed by atoms with E-state index in [0.29, 0.717) is 0 Å². The van der Waals surface area contributed by atoms with Crippen molar-refractivity contribution < 1.29 is 22.7 Å². The molecule has 120 valence electrons. The fraction of sp³-hybridized carbons (Fsp3) is 0.300. The van der Waals surface area contributed by atoms with Gasteiger partial charge in [0.25, 0.3) is 5.56 Å². The molecule has 0 spiro atoms. The van der Waals surface area contributed by atoms with E-state index in [-0.39, 0.29) is 6.61 Å². The number of nitrogens with two attached hydrogens (primary N) is 1. The highest BCUT2D eigenvalue weighted by atomic mass is 32.2. The molecule has 0 fully saturated rings. The first-order valence-electron chi connectivity index (χ1n) is 5.87. The zero-order valence-corrected chi connectivity index (χ0v) is 11.8. The average molecular weight is 332 g/mol. The summed E-state index contributed by atoms with van der Waals surface area (Å²) in [5, 5.41) is 4.59. The Balaban J connectivity index is 1.91. The van der Waals surface area contributed by atoms with Crippen LogP contribution in [0.2, 0.25) is 0 Å². The number of nitrogens with one attached hydrogen (secondary N) is 2. The number of rotatable bonds is 4. The third-order valence-corrected chi connectivity index (χ3v) is 2.99. The normalized spacial score (nSPS) is 20.8. The number of nitrogens with zero attached hydrogens (tertiary/aromatic N) is 1. The topological polar surface area (TPSA) is 163 Å². The van der Waals surface area contributed by atoms with Crippen LogP contribution >= 0.6 is 0 Å². The molecule has 11 nitrogen and oxygen atoms in total. The number of aromatic amines is 1. The molecule has 0 unspecified atom stereocenters. The molecular formula is C10H12N4O7S. The highest BCUT2D eigenvalue weighted by Gasteiger charge is 2.23. The lowest BCUT2D eigenvalue weighted by Crippen LogP contribution is -2.37. The number of hydrogen-bond acceptors (Lipinski definition) is 7. The second-order valence-corrected chi connectivity index (χ2v) is 5.51. The fourth-order valence-electron chi connectivity index (χ4n) is 1.67. The van der Waals surface area contributed by atoms with Crippen LogP contribution < -0.4 is 21.1 Å². The summed E-state index contributed by atoms with van der Waals surface area (Å²) in [7, 11) is -4.20. The first-order valence-corrected chi connectivity index (χ1v) is 7.42. The van der Waals surface area contributed by atoms with Crippen LogP contribution in [-0.2, 0) is 19.7 Å². The molecule has 1 aromatic heterocycles. The summed E-state index contributed by atoms with van der Waals surface area (Å²) in [6.45, 7) is -0.285. The molecule has 2 atom stereocenters. The fourth-order valence-corrected chi connectivity index (χ4v) is 1.96. The zero-order chi connectivity index (χ0) is 16.3. The number of carbonyl (C=O) groups is 1. The molecule has 0 radical (unpaired) electrons. The van der Waals surface area contributed by atoms with Gasteiger partial charge < -0.3 is 9.47 Å². The van der Waals surface area contributed by atoms with Gasteiger partial charge in [-0.15, -0.1) is 0 Å². The van der Waals surface area contributed by atoms with Gasteiger partial charge in [-0.05, 0) is 6.08 Å². The van der Waals surface area contributed by atoms with Crippen molar-refractivity contribution in [2.75, 3.05) is 6.61 Å². The highest BCUT2D eigenvalue weighted by molar-refractivity contribution is 7.87. The molecule has 1 aromatic rings. The molecule has 22 heavy (non-hydrogen) atoms. The first-order chi connectivity index (χ1) is 10.2. The predicted octanol–water partition coefficient (Wildman–Crippen LogP) is -2.08. The van der Waals surface area contributed by atoms with Crippen molar-refractivity contribution in [2.45, 2.75) is 12.3 Å². The second-order valence-electron chi connectivity index (χ2n) is 4.21. The van der Waals surface area contributed by atoms with Gasteiger partial charge in [0.05, 0.1) is 0 Å². The van der Waals surface area contributed by atoms with Gasteiger partial charge in [-0.2, -0.15) is 8.42 Å². The van der Waals surface area contributed by atoms with E-state index < -0.39 is 39.9 Å². The Morgan fingerprint density at radius 1 is 1.45 bits per heavy atom. The lowest BCUT2D eigenvalue weighted by molar-refractivity contribution is -0.0142. The van der Waals surface area contributed by atoms with E-state index in [9.17, 15) is 22.8 Å². The molecule has 1 amide bonds. The Hall–Kier alpha value is -2.44.